The van der Waals surface area contributed by atoms with E-state index in [1.165, 1.54) is 112 Å². The van der Waals surface area contributed by atoms with Crippen molar-refractivity contribution in [1.82, 2.24) is 0 Å². The van der Waals surface area contributed by atoms with Gasteiger partial charge in [-0.1, -0.05) is 218 Å². The molecule has 4 aromatic carbocycles. The molecule has 0 heterocycles. The number of unbranched alkanes of at least 4 members (excludes halogenated alkanes) is 4. The van der Waals surface area contributed by atoms with Gasteiger partial charge in [-0.2, -0.15) is 0 Å². The van der Waals surface area contributed by atoms with Crippen molar-refractivity contribution in [2.24, 2.45) is 17.8 Å². The summed E-state index contributed by atoms with van der Waals surface area (Å²) in [5.74, 6) is 4.60. The molecule has 0 nitrogen and oxygen atoms in total. The summed E-state index contributed by atoms with van der Waals surface area (Å²) < 4.78 is 0. The molecule has 0 fully saturated rings. The third-order valence-corrected chi connectivity index (χ3v) is 13.1. The fraction of sp³-hybridized carbons (Fsp3) is 0.467. The van der Waals surface area contributed by atoms with Gasteiger partial charge >= 0.3 is 0 Å². The molecule has 0 heteroatoms. The number of hydrogen-bond donors (Lipinski definition) is 0. The molecule has 7 unspecified atom stereocenters. The lowest BCUT2D eigenvalue weighted by molar-refractivity contribution is 0.345. The van der Waals surface area contributed by atoms with Crippen molar-refractivity contribution in [3.63, 3.8) is 0 Å². The molecule has 0 aliphatic carbocycles. The van der Waals surface area contributed by atoms with Crippen LogP contribution in [0.25, 0.3) is 0 Å². The van der Waals surface area contributed by atoms with Crippen molar-refractivity contribution >= 4 is 0 Å². The van der Waals surface area contributed by atoms with Crippen molar-refractivity contribution in [3.05, 3.63) is 193 Å². The van der Waals surface area contributed by atoms with Crippen LogP contribution in [-0.4, -0.2) is 0 Å². The summed E-state index contributed by atoms with van der Waals surface area (Å²) in [5.41, 5.74) is 5.85. The molecule has 0 amide bonds. The van der Waals surface area contributed by atoms with Gasteiger partial charge in [0.1, 0.15) is 0 Å². The SMILES string of the molecule is C=CC(CCC=CCC(CC)c1ccccc1)CC(C)c1ccccc1.C=CC(CCCCCCC=CCC(CC)c1ccccc1)CC(CC)CC(C)c1ccccc1. The summed E-state index contributed by atoms with van der Waals surface area (Å²) in [5, 5.41) is 0. The summed E-state index contributed by atoms with van der Waals surface area (Å²) in [6, 6.07) is 43.7. The second-order valence-corrected chi connectivity index (χ2v) is 17.6. The highest BCUT2D eigenvalue weighted by atomic mass is 14.2. The first-order valence-corrected chi connectivity index (χ1v) is 24.2. The summed E-state index contributed by atoms with van der Waals surface area (Å²) in [7, 11) is 0. The Morgan fingerprint density at radius 3 is 1.28 bits per heavy atom. The highest BCUT2D eigenvalue weighted by Crippen LogP contribution is 2.32. The fourth-order valence-electron chi connectivity index (χ4n) is 8.93. The van der Waals surface area contributed by atoms with Crippen molar-refractivity contribution in [3.8, 4) is 0 Å². The lowest BCUT2D eigenvalue weighted by Crippen LogP contribution is -2.10. The summed E-state index contributed by atoms with van der Waals surface area (Å²) in [6.45, 7) is 19.9. The van der Waals surface area contributed by atoms with Crippen molar-refractivity contribution < 1.29 is 0 Å². The van der Waals surface area contributed by atoms with Crippen LogP contribution in [0.2, 0.25) is 0 Å². The Labute approximate surface area is 370 Å². The van der Waals surface area contributed by atoms with Crippen LogP contribution in [0.4, 0.5) is 0 Å². The number of rotatable bonds is 29. The monoisotopic (exact) mass is 805 g/mol. The first kappa shape index (κ1) is 50.2. The minimum absolute atomic E-state index is 0.589. The first-order valence-electron chi connectivity index (χ1n) is 24.2. The van der Waals surface area contributed by atoms with Crippen LogP contribution < -0.4 is 0 Å². The Balaban J connectivity index is 0.000000332. The second kappa shape index (κ2) is 31.7. The second-order valence-electron chi connectivity index (χ2n) is 17.6. The first-order chi connectivity index (χ1) is 29.4. The van der Waals surface area contributed by atoms with Gasteiger partial charge in [-0.15, -0.1) is 13.2 Å². The lowest BCUT2D eigenvalue weighted by atomic mass is 9.82. The van der Waals surface area contributed by atoms with E-state index in [0.29, 0.717) is 35.5 Å². The van der Waals surface area contributed by atoms with E-state index >= 15 is 0 Å². The molecule has 0 saturated carbocycles. The summed E-state index contributed by atoms with van der Waals surface area (Å²) in [4.78, 5) is 0. The largest absolute Gasteiger partial charge is 0.103 e. The molecule has 0 radical (unpaired) electrons. The van der Waals surface area contributed by atoms with Gasteiger partial charge in [-0.25, -0.2) is 0 Å². The zero-order valence-corrected chi connectivity index (χ0v) is 38.8. The molecule has 0 bridgehead atoms. The van der Waals surface area contributed by atoms with Crippen molar-refractivity contribution in [1.29, 1.82) is 0 Å². The van der Waals surface area contributed by atoms with Crippen LogP contribution in [0.3, 0.4) is 0 Å². The molecular formula is C60H84. The number of hydrogen-bond acceptors (Lipinski definition) is 0. The molecule has 324 valence electrons. The zero-order chi connectivity index (χ0) is 43.0. The van der Waals surface area contributed by atoms with Gasteiger partial charge < -0.3 is 0 Å². The van der Waals surface area contributed by atoms with Gasteiger partial charge in [-0.3, -0.25) is 0 Å². The molecule has 0 N–H and O–H groups in total. The van der Waals surface area contributed by atoms with E-state index in [1.54, 1.807) is 0 Å². The molecule has 0 saturated heterocycles. The standard InChI is InChI=1S/C34H50.C26H34/c1-5-30(28-31(6-2)27-29(4)33-23-17-13-18-24-33)21-15-11-9-8-10-12-16-22-32(7-3)34-25-19-14-20-26-34;1-4-23(21-22(3)25-17-11-7-12-18-25)15-9-6-10-16-24(5-2)26-19-13-8-14-20-26/h5,12-14,16-20,23-26,29-32H,1,6-11,15,21-22,27-28H2,2-4H3;4,6-8,10-14,17-20,22-24H,1,5,9,15-16,21H2,2-3H3. The van der Waals surface area contributed by atoms with Gasteiger partial charge in [0.2, 0.25) is 0 Å². The van der Waals surface area contributed by atoms with E-state index in [0.717, 1.165) is 18.8 Å². The highest BCUT2D eigenvalue weighted by Gasteiger charge is 2.17. The van der Waals surface area contributed by atoms with Crippen LogP contribution >= 0.6 is 0 Å². The van der Waals surface area contributed by atoms with E-state index in [-0.39, 0.29) is 0 Å². The van der Waals surface area contributed by atoms with Crippen molar-refractivity contribution in [2.75, 3.05) is 0 Å². The Kier molecular flexibility index (Phi) is 26.5. The maximum absolute atomic E-state index is 4.17. The Morgan fingerprint density at radius 1 is 0.417 bits per heavy atom. The van der Waals surface area contributed by atoms with E-state index in [9.17, 15) is 0 Å². The minimum atomic E-state index is 0.589. The predicted molar refractivity (Wildman–Crippen MR) is 268 cm³/mol. The van der Waals surface area contributed by atoms with Gasteiger partial charge in [-0.05, 0) is 141 Å². The third-order valence-electron chi connectivity index (χ3n) is 13.1. The van der Waals surface area contributed by atoms with Crippen LogP contribution in [0.15, 0.2) is 171 Å². The maximum atomic E-state index is 4.17. The Morgan fingerprint density at radius 2 is 0.833 bits per heavy atom. The molecule has 0 aliphatic heterocycles. The molecular weight excluding hydrogens is 721 g/mol. The van der Waals surface area contributed by atoms with E-state index in [4.69, 9.17) is 0 Å². The highest BCUT2D eigenvalue weighted by molar-refractivity contribution is 5.22. The summed E-state index contributed by atoms with van der Waals surface area (Å²) in [6.07, 6.45) is 34.0. The maximum Gasteiger partial charge on any atom is -0.0130 e. The molecule has 7 atom stereocenters. The Hall–Kier alpha value is -4.16. The molecule has 0 aromatic heterocycles. The average molecular weight is 805 g/mol. The van der Waals surface area contributed by atoms with Crippen LogP contribution in [0, 0.1) is 17.8 Å². The predicted octanol–water partition coefficient (Wildman–Crippen LogP) is 18.8. The summed E-state index contributed by atoms with van der Waals surface area (Å²) >= 11 is 0. The van der Waals surface area contributed by atoms with Crippen molar-refractivity contribution in [2.45, 2.75) is 161 Å². The molecule has 60 heavy (non-hydrogen) atoms. The number of benzene rings is 4. The third kappa shape index (κ3) is 20.4. The molecule has 4 rings (SSSR count). The zero-order valence-electron chi connectivity index (χ0n) is 38.8. The van der Waals surface area contributed by atoms with E-state index in [1.807, 2.05) is 0 Å². The minimum Gasteiger partial charge on any atom is -0.103 e. The fourth-order valence-corrected chi connectivity index (χ4v) is 8.93. The smallest absolute Gasteiger partial charge is 0.0130 e. The van der Waals surface area contributed by atoms with Gasteiger partial charge in [0.25, 0.3) is 0 Å². The molecule has 4 aromatic rings. The molecule has 0 spiro atoms. The quantitative estimate of drug-likeness (QED) is 0.0379. The molecule has 0 aliphatic rings. The topological polar surface area (TPSA) is 0 Å². The Bertz CT molecular complexity index is 1670. The van der Waals surface area contributed by atoms with E-state index in [2.05, 4.69) is 206 Å². The normalized spacial score (nSPS) is 15.0. The van der Waals surface area contributed by atoms with E-state index < -0.39 is 0 Å². The average Bonchev–Trinajstić information content (AvgIpc) is 3.30. The van der Waals surface area contributed by atoms with Gasteiger partial charge in [0.05, 0.1) is 0 Å². The van der Waals surface area contributed by atoms with Gasteiger partial charge in [0, 0.05) is 0 Å². The van der Waals surface area contributed by atoms with Gasteiger partial charge in [0.15, 0.2) is 0 Å². The van der Waals surface area contributed by atoms with Crippen LogP contribution in [-0.2, 0) is 0 Å². The van der Waals surface area contributed by atoms with Crippen LogP contribution in [0.5, 0.6) is 0 Å². The van der Waals surface area contributed by atoms with Crippen LogP contribution in [0.1, 0.15) is 183 Å². The number of allylic oxidation sites excluding steroid dienone is 6. The lowest BCUT2D eigenvalue weighted by Gasteiger charge is -2.23.